The van der Waals surface area contributed by atoms with Crippen LogP contribution >= 0.6 is 34.2 Å². The van der Waals surface area contributed by atoms with Crippen molar-refractivity contribution >= 4 is 40.0 Å². The van der Waals surface area contributed by atoms with E-state index in [1.54, 1.807) is 13.3 Å². The molecule has 0 aliphatic rings. The molecule has 1 aromatic heterocycles. The summed E-state index contributed by atoms with van der Waals surface area (Å²) in [6.07, 6.45) is 1.74. The van der Waals surface area contributed by atoms with Gasteiger partial charge in [-0.05, 0) is 46.4 Å². The topological polar surface area (TPSA) is 34.1 Å². The van der Waals surface area contributed by atoms with Gasteiger partial charge in [-0.15, -0.1) is 0 Å². The van der Waals surface area contributed by atoms with Crippen molar-refractivity contribution in [2.45, 2.75) is 6.54 Å². The van der Waals surface area contributed by atoms with E-state index in [1.807, 2.05) is 30.3 Å². The number of ether oxygens (including phenoxy) is 1. The molecule has 0 aliphatic heterocycles. The summed E-state index contributed by atoms with van der Waals surface area (Å²) >= 11 is 8.34. The number of halogens is 2. The molecule has 2 aromatic rings. The molecule has 94 valence electrons. The molecule has 0 fully saturated rings. The number of pyridine rings is 1. The van der Waals surface area contributed by atoms with Gasteiger partial charge in [-0.1, -0.05) is 23.7 Å². The number of methoxy groups -OCH3 is 1. The lowest BCUT2D eigenvalue weighted by atomic mass is 10.2. The van der Waals surface area contributed by atoms with Gasteiger partial charge in [-0.3, -0.25) is 0 Å². The summed E-state index contributed by atoms with van der Waals surface area (Å²) in [5, 5.41) is 3.88. The van der Waals surface area contributed by atoms with Crippen molar-refractivity contribution in [2.24, 2.45) is 0 Å². The second-order valence-electron chi connectivity index (χ2n) is 3.66. The third kappa shape index (κ3) is 3.26. The summed E-state index contributed by atoms with van der Waals surface area (Å²) in [7, 11) is 1.66. The average Bonchev–Trinajstić information content (AvgIpc) is 2.41. The molecule has 1 aromatic carbocycles. The Kier molecular flexibility index (Phi) is 4.66. The van der Waals surface area contributed by atoms with Crippen LogP contribution in [-0.4, -0.2) is 12.1 Å². The van der Waals surface area contributed by atoms with Crippen LogP contribution in [0.1, 0.15) is 5.56 Å². The lowest BCUT2D eigenvalue weighted by Crippen LogP contribution is -2.02. The lowest BCUT2D eigenvalue weighted by Gasteiger charge is -2.08. The van der Waals surface area contributed by atoms with Crippen LogP contribution in [0.25, 0.3) is 0 Å². The van der Waals surface area contributed by atoms with Crippen LogP contribution in [0, 0.1) is 3.57 Å². The summed E-state index contributed by atoms with van der Waals surface area (Å²) in [5.41, 5.74) is 1.15. The fraction of sp³-hybridized carbons (Fsp3) is 0.154. The lowest BCUT2D eigenvalue weighted by molar-refractivity contribution is 0.414. The molecule has 3 nitrogen and oxygen atoms in total. The Morgan fingerprint density at radius 3 is 2.67 bits per heavy atom. The zero-order valence-electron chi connectivity index (χ0n) is 9.78. The van der Waals surface area contributed by atoms with Gasteiger partial charge in [0.1, 0.15) is 11.6 Å². The summed E-state index contributed by atoms with van der Waals surface area (Å²) < 4.78 is 6.10. The highest BCUT2D eigenvalue weighted by Gasteiger charge is 2.04. The summed E-state index contributed by atoms with van der Waals surface area (Å²) in [5.74, 6) is 1.56. The first-order valence-corrected chi connectivity index (χ1v) is 6.83. The second kappa shape index (κ2) is 6.24. The maximum Gasteiger partial charge on any atom is 0.146 e. The van der Waals surface area contributed by atoms with E-state index < -0.39 is 0 Å². The van der Waals surface area contributed by atoms with Gasteiger partial charge in [0.25, 0.3) is 0 Å². The van der Waals surface area contributed by atoms with Crippen molar-refractivity contribution < 1.29 is 4.74 Å². The summed E-state index contributed by atoms with van der Waals surface area (Å²) in [6, 6.07) is 9.75. The number of hydrogen-bond acceptors (Lipinski definition) is 3. The summed E-state index contributed by atoms with van der Waals surface area (Å²) in [4.78, 5) is 4.22. The fourth-order valence-electron chi connectivity index (χ4n) is 1.47. The van der Waals surface area contributed by atoms with E-state index in [9.17, 15) is 0 Å². The smallest absolute Gasteiger partial charge is 0.146 e. The molecule has 5 heteroatoms. The minimum atomic E-state index is 0.659. The SMILES string of the molecule is COc1ccc(CNc2nccc(I)c2Cl)cc1. The van der Waals surface area contributed by atoms with Gasteiger partial charge in [-0.2, -0.15) is 0 Å². The highest BCUT2D eigenvalue weighted by atomic mass is 127. The van der Waals surface area contributed by atoms with Crippen molar-refractivity contribution in [3.8, 4) is 5.75 Å². The van der Waals surface area contributed by atoms with Crippen LogP contribution in [0.5, 0.6) is 5.75 Å². The fourth-order valence-corrected chi connectivity index (χ4v) is 2.07. The monoisotopic (exact) mass is 374 g/mol. The van der Waals surface area contributed by atoms with E-state index in [1.165, 1.54) is 0 Å². The van der Waals surface area contributed by atoms with E-state index in [0.29, 0.717) is 17.4 Å². The third-order valence-electron chi connectivity index (χ3n) is 2.46. The highest BCUT2D eigenvalue weighted by molar-refractivity contribution is 14.1. The van der Waals surface area contributed by atoms with Gasteiger partial charge in [0.15, 0.2) is 0 Å². The van der Waals surface area contributed by atoms with Crippen molar-refractivity contribution in [1.29, 1.82) is 0 Å². The van der Waals surface area contributed by atoms with Crippen LogP contribution in [0.3, 0.4) is 0 Å². The largest absolute Gasteiger partial charge is 0.497 e. The van der Waals surface area contributed by atoms with E-state index in [4.69, 9.17) is 16.3 Å². The first-order valence-electron chi connectivity index (χ1n) is 5.37. The first kappa shape index (κ1) is 13.4. The Labute approximate surface area is 125 Å². The maximum absolute atomic E-state index is 6.15. The van der Waals surface area contributed by atoms with Crippen molar-refractivity contribution in [2.75, 3.05) is 12.4 Å². The van der Waals surface area contributed by atoms with E-state index in [2.05, 4.69) is 32.9 Å². The molecule has 0 amide bonds. The zero-order valence-corrected chi connectivity index (χ0v) is 12.7. The molecular formula is C13H12ClIN2O. The van der Waals surface area contributed by atoms with Crippen LogP contribution in [0.2, 0.25) is 5.02 Å². The average molecular weight is 375 g/mol. The zero-order chi connectivity index (χ0) is 13.0. The number of hydrogen-bond donors (Lipinski definition) is 1. The predicted molar refractivity (Wildman–Crippen MR) is 82.3 cm³/mol. The number of anilines is 1. The van der Waals surface area contributed by atoms with Gasteiger partial charge in [-0.25, -0.2) is 4.98 Å². The van der Waals surface area contributed by atoms with Crippen LogP contribution in [0.15, 0.2) is 36.5 Å². The first-order chi connectivity index (χ1) is 8.70. The molecule has 0 saturated carbocycles. The molecule has 0 spiro atoms. The van der Waals surface area contributed by atoms with Gasteiger partial charge >= 0.3 is 0 Å². The minimum Gasteiger partial charge on any atom is -0.497 e. The van der Waals surface area contributed by atoms with Gasteiger partial charge in [0.2, 0.25) is 0 Å². The number of nitrogens with zero attached hydrogens (tertiary/aromatic N) is 1. The van der Waals surface area contributed by atoms with Gasteiger partial charge in [0.05, 0.1) is 12.1 Å². The van der Waals surface area contributed by atoms with Crippen LogP contribution in [-0.2, 0) is 6.54 Å². The van der Waals surface area contributed by atoms with Crippen molar-refractivity contribution in [3.63, 3.8) is 0 Å². The van der Waals surface area contributed by atoms with Gasteiger partial charge in [0, 0.05) is 16.3 Å². The molecular weight excluding hydrogens is 363 g/mol. The maximum atomic E-state index is 6.15. The van der Waals surface area contributed by atoms with Crippen LogP contribution in [0.4, 0.5) is 5.82 Å². The predicted octanol–water partition coefficient (Wildman–Crippen LogP) is 3.96. The molecule has 18 heavy (non-hydrogen) atoms. The van der Waals surface area contributed by atoms with E-state index in [0.717, 1.165) is 14.9 Å². The second-order valence-corrected chi connectivity index (χ2v) is 5.20. The quantitative estimate of drug-likeness (QED) is 0.823. The number of rotatable bonds is 4. The van der Waals surface area contributed by atoms with E-state index >= 15 is 0 Å². The Morgan fingerprint density at radius 1 is 1.28 bits per heavy atom. The van der Waals surface area contributed by atoms with Crippen molar-refractivity contribution in [1.82, 2.24) is 4.98 Å². The molecule has 0 bridgehead atoms. The molecule has 0 unspecified atom stereocenters. The van der Waals surface area contributed by atoms with Crippen molar-refractivity contribution in [3.05, 3.63) is 50.7 Å². The molecule has 1 heterocycles. The van der Waals surface area contributed by atoms with Gasteiger partial charge < -0.3 is 10.1 Å². The van der Waals surface area contributed by atoms with Crippen LogP contribution < -0.4 is 10.1 Å². The third-order valence-corrected chi connectivity index (χ3v) is 4.06. The number of aromatic nitrogens is 1. The Morgan fingerprint density at radius 2 is 2.00 bits per heavy atom. The molecule has 1 N–H and O–H groups in total. The minimum absolute atomic E-state index is 0.659. The molecule has 0 aliphatic carbocycles. The van der Waals surface area contributed by atoms with E-state index in [-0.39, 0.29) is 0 Å². The number of nitrogens with one attached hydrogen (secondary N) is 1. The Balaban J connectivity index is 2.04. The molecule has 0 atom stereocenters. The molecule has 0 radical (unpaired) electrons. The normalized spacial score (nSPS) is 10.2. The molecule has 0 saturated heterocycles. The Bertz CT molecular complexity index is 531. The summed E-state index contributed by atoms with van der Waals surface area (Å²) in [6.45, 7) is 0.677. The standard InChI is InChI=1S/C13H12ClIN2O/c1-18-10-4-2-9(3-5-10)8-17-13-12(14)11(15)6-7-16-13/h2-7H,8H2,1H3,(H,16,17). The molecule has 2 rings (SSSR count). The highest BCUT2D eigenvalue weighted by Crippen LogP contribution is 2.25. The number of benzene rings is 1. The Hall–Kier alpha value is -1.01.